The summed E-state index contributed by atoms with van der Waals surface area (Å²) in [6, 6.07) is 1.71. The minimum Gasteiger partial charge on any atom is -0.271 e. The Balaban J connectivity index is 1.88. The van der Waals surface area contributed by atoms with Gasteiger partial charge >= 0.3 is 0 Å². The number of rotatable bonds is 4. The highest BCUT2D eigenvalue weighted by Crippen LogP contribution is 2.30. The van der Waals surface area contributed by atoms with Crippen LogP contribution in [-0.2, 0) is 17.1 Å². The third-order valence-electron chi connectivity index (χ3n) is 4.51. The van der Waals surface area contributed by atoms with Gasteiger partial charge in [-0.3, -0.25) is 14.2 Å². The molecule has 2 aromatic rings. The molecular weight excluding hydrogens is 330 g/mol. The molecule has 1 saturated carbocycles. The smallest absolute Gasteiger partial charge is 0.271 e. The molecule has 3 rings (SSSR count). The van der Waals surface area contributed by atoms with Crippen molar-refractivity contribution in [2.75, 3.05) is 0 Å². The molecule has 0 atom stereocenters. The van der Waals surface area contributed by atoms with Crippen LogP contribution in [0.15, 0.2) is 17.2 Å². The van der Waals surface area contributed by atoms with Gasteiger partial charge in [0, 0.05) is 13.2 Å². The number of carbonyl (C=O) groups excluding carboxylic acids is 1. The normalized spacial score (nSPS) is 15.8. The maximum atomic E-state index is 12.6. The second-order valence-corrected chi connectivity index (χ2v) is 7.78. The molecule has 9 heteroatoms. The van der Waals surface area contributed by atoms with Crippen LogP contribution in [0.5, 0.6) is 0 Å². The summed E-state index contributed by atoms with van der Waals surface area (Å²) >= 11 is 0. The van der Waals surface area contributed by atoms with Crippen LogP contribution in [-0.4, -0.2) is 33.9 Å². The van der Waals surface area contributed by atoms with E-state index in [2.05, 4.69) is 14.9 Å². The second-order valence-electron chi connectivity index (χ2n) is 6.16. The predicted molar refractivity (Wildman–Crippen MR) is 87.1 cm³/mol. The first kappa shape index (κ1) is 16.7. The maximum absolute atomic E-state index is 12.6. The first-order chi connectivity index (χ1) is 11.3. The van der Waals surface area contributed by atoms with E-state index in [0.29, 0.717) is 11.4 Å². The van der Waals surface area contributed by atoms with Gasteiger partial charge in [-0.1, -0.05) is 12.8 Å². The van der Waals surface area contributed by atoms with E-state index in [-0.39, 0.29) is 16.6 Å². The molecular formula is C15H21N5O3S. The molecule has 0 bridgehead atoms. The van der Waals surface area contributed by atoms with Crippen molar-refractivity contribution in [3.8, 4) is 0 Å². The minimum atomic E-state index is -3.99. The van der Waals surface area contributed by atoms with Crippen molar-refractivity contribution in [2.24, 2.45) is 7.05 Å². The molecule has 2 aromatic heterocycles. The zero-order valence-electron chi connectivity index (χ0n) is 14.0. The average Bonchev–Trinajstić information content (AvgIpc) is 3.20. The summed E-state index contributed by atoms with van der Waals surface area (Å²) in [5.74, 6) is -0.665. The molecule has 0 radical (unpaired) electrons. The zero-order valence-corrected chi connectivity index (χ0v) is 14.8. The highest BCUT2D eigenvalue weighted by Gasteiger charge is 2.29. The molecule has 24 heavy (non-hydrogen) atoms. The Hall–Kier alpha value is -2.16. The average molecular weight is 351 g/mol. The van der Waals surface area contributed by atoms with E-state index in [9.17, 15) is 13.2 Å². The van der Waals surface area contributed by atoms with Gasteiger partial charge in [0.15, 0.2) is 0 Å². The Bertz CT molecular complexity index is 875. The molecule has 1 fully saturated rings. The van der Waals surface area contributed by atoms with Gasteiger partial charge in [0.1, 0.15) is 10.6 Å². The molecule has 1 amide bonds. The fourth-order valence-electron chi connectivity index (χ4n) is 3.30. The Morgan fingerprint density at radius 1 is 1.29 bits per heavy atom. The molecule has 8 nitrogen and oxygen atoms in total. The van der Waals surface area contributed by atoms with Crippen LogP contribution in [0.1, 0.15) is 53.6 Å². The van der Waals surface area contributed by atoms with E-state index in [1.54, 1.807) is 31.6 Å². The van der Waals surface area contributed by atoms with Crippen LogP contribution in [0.4, 0.5) is 0 Å². The van der Waals surface area contributed by atoms with Gasteiger partial charge in [-0.05, 0) is 32.8 Å². The summed E-state index contributed by atoms with van der Waals surface area (Å²) in [6.07, 6.45) is 5.63. The highest BCUT2D eigenvalue weighted by atomic mass is 32.2. The molecule has 0 aliphatic heterocycles. The molecule has 2 heterocycles. The van der Waals surface area contributed by atoms with E-state index in [1.807, 2.05) is 0 Å². The summed E-state index contributed by atoms with van der Waals surface area (Å²) in [5, 5.41) is 8.30. The lowest BCUT2D eigenvalue weighted by molar-refractivity contribution is 0.0968. The van der Waals surface area contributed by atoms with Gasteiger partial charge < -0.3 is 0 Å². The van der Waals surface area contributed by atoms with Crippen LogP contribution in [0.25, 0.3) is 0 Å². The van der Waals surface area contributed by atoms with Crippen molar-refractivity contribution in [3.05, 3.63) is 29.3 Å². The molecule has 0 saturated heterocycles. The number of sulfonamides is 1. The monoisotopic (exact) mass is 351 g/mol. The van der Waals surface area contributed by atoms with Gasteiger partial charge in [-0.15, -0.1) is 0 Å². The molecule has 0 spiro atoms. The summed E-state index contributed by atoms with van der Waals surface area (Å²) in [4.78, 5) is 12.6. The van der Waals surface area contributed by atoms with Crippen molar-refractivity contribution >= 4 is 15.9 Å². The zero-order chi connectivity index (χ0) is 17.5. The summed E-state index contributed by atoms with van der Waals surface area (Å²) < 4.78 is 30.5. The second kappa shape index (κ2) is 6.04. The van der Waals surface area contributed by atoms with Gasteiger partial charge in [0.05, 0.1) is 17.4 Å². The lowest BCUT2D eigenvalue weighted by atomic mass is 10.2. The van der Waals surface area contributed by atoms with E-state index in [1.165, 1.54) is 10.9 Å². The van der Waals surface area contributed by atoms with E-state index in [0.717, 1.165) is 25.7 Å². The van der Waals surface area contributed by atoms with Crippen molar-refractivity contribution in [2.45, 2.75) is 50.5 Å². The number of carbonyl (C=O) groups is 1. The number of amides is 1. The van der Waals surface area contributed by atoms with E-state index >= 15 is 0 Å². The Kier molecular flexibility index (Phi) is 4.20. The SMILES string of the molecule is Cc1nn(C)c(C)c1S(=O)(=O)NC(=O)c1ccnn1C1CCCC1. The number of aryl methyl sites for hydroxylation is 2. The first-order valence-corrected chi connectivity index (χ1v) is 9.40. The number of aromatic nitrogens is 4. The number of hydrogen-bond donors (Lipinski definition) is 1. The fraction of sp³-hybridized carbons (Fsp3) is 0.533. The van der Waals surface area contributed by atoms with Gasteiger partial charge in [0.25, 0.3) is 15.9 Å². The van der Waals surface area contributed by atoms with E-state index in [4.69, 9.17) is 0 Å². The Labute approximate surface area is 140 Å². The predicted octanol–water partition coefficient (Wildman–Crippen LogP) is 1.47. The van der Waals surface area contributed by atoms with Gasteiger partial charge in [-0.2, -0.15) is 10.2 Å². The maximum Gasteiger partial charge on any atom is 0.283 e. The molecule has 1 aliphatic carbocycles. The lowest BCUT2D eigenvalue weighted by Gasteiger charge is -2.14. The third-order valence-corrected chi connectivity index (χ3v) is 6.09. The van der Waals surface area contributed by atoms with Gasteiger partial charge in [0.2, 0.25) is 0 Å². The molecule has 1 aliphatic rings. The van der Waals surface area contributed by atoms with Crippen LogP contribution in [0.3, 0.4) is 0 Å². The van der Waals surface area contributed by atoms with Crippen LogP contribution < -0.4 is 4.72 Å². The largest absolute Gasteiger partial charge is 0.283 e. The number of hydrogen-bond acceptors (Lipinski definition) is 5. The standard InChI is InChI=1S/C15H21N5O3S/c1-10-14(11(2)19(3)17-10)24(22,23)18-15(21)13-8-9-16-20(13)12-6-4-5-7-12/h8-9,12H,4-7H2,1-3H3,(H,18,21). The molecule has 0 unspecified atom stereocenters. The van der Waals surface area contributed by atoms with Crippen molar-refractivity contribution in [3.63, 3.8) is 0 Å². The minimum absolute atomic E-state index is 0.0466. The quantitative estimate of drug-likeness (QED) is 0.899. The molecule has 1 N–H and O–H groups in total. The summed E-state index contributed by atoms with van der Waals surface area (Å²) in [7, 11) is -2.33. The third kappa shape index (κ3) is 2.83. The number of nitrogens with one attached hydrogen (secondary N) is 1. The van der Waals surface area contributed by atoms with Crippen molar-refractivity contribution in [1.82, 2.24) is 24.3 Å². The van der Waals surface area contributed by atoms with Crippen LogP contribution >= 0.6 is 0 Å². The number of nitrogens with zero attached hydrogens (tertiary/aromatic N) is 4. The first-order valence-electron chi connectivity index (χ1n) is 7.92. The molecule has 0 aromatic carbocycles. The topological polar surface area (TPSA) is 98.9 Å². The lowest BCUT2D eigenvalue weighted by Crippen LogP contribution is -2.33. The summed E-state index contributed by atoms with van der Waals surface area (Å²) in [6.45, 7) is 3.26. The van der Waals surface area contributed by atoms with Crippen molar-refractivity contribution in [1.29, 1.82) is 0 Å². The van der Waals surface area contributed by atoms with Gasteiger partial charge in [-0.25, -0.2) is 13.1 Å². The molecule has 130 valence electrons. The van der Waals surface area contributed by atoms with Crippen LogP contribution in [0, 0.1) is 13.8 Å². The highest BCUT2D eigenvalue weighted by molar-refractivity contribution is 7.90. The fourth-order valence-corrected chi connectivity index (χ4v) is 4.70. The van der Waals surface area contributed by atoms with E-state index < -0.39 is 15.9 Å². The Morgan fingerprint density at radius 3 is 2.54 bits per heavy atom. The Morgan fingerprint density at radius 2 is 1.96 bits per heavy atom. The van der Waals surface area contributed by atoms with Crippen LogP contribution in [0.2, 0.25) is 0 Å². The van der Waals surface area contributed by atoms with Crippen molar-refractivity contribution < 1.29 is 13.2 Å². The summed E-state index contributed by atoms with van der Waals surface area (Å²) in [5.41, 5.74) is 1.11.